The average molecular weight is 304 g/mol. The van der Waals surface area contributed by atoms with Crippen molar-refractivity contribution in [2.24, 2.45) is 0 Å². The molecule has 118 valence electrons. The summed E-state index contributed by atoms with van der Waals surface area (Å²) >= 11 is 0. The Hall–Kier alpha value is -2.35. The van der Waals surface area contributed by atoms with Crippen LogP contribution in [0, 0.1) is 0 Å². The molecule has 3 aromatic rings. The molecular formula is C21H24N2. The molecule has 0 unspecified atom stereocenters. The van der Waals surface area contributed by atoms with E-state index < -0.39 is 0 Å². The predicted octanol–water partition coefficient (Wildman–Crippen LogP) is 5.79. The summed E-state index contributed by atoms with van der Waals surface area (Å²) < 4.78 is 2.14. The van der Waals surface area contributed by atoms with Crippen LogP contribution in [-0.2, 0) is 0 Å². The molecule has 0 atom stereocenters. The van der Waals surface area contributed by atoms with E-state index in [1.807, 2.05) is 6.33 Å². The topological polar surface area (TPSA) is 17.8 Å². The molecule has 1 heterocycles. The van der Waals surface area contributed by atoms with Crippen LogP contribution < -0.4 is 0 Å². The van der Waals surface area contributed by atoms with Crippen LogP contribution in [0.2, 0.25) is 0 Å². The molecule has 0 aliphatic rings. The molecule has 1 aromatic heterocycles. The lowest BCUT2D eigenvalue weighted by atomic mass is 9.96. The summed E-state index contributed by atoms with van der Waals surface area (Å²) in [4.78, 5) is 4.67. The predicted molar refractivity (Wildman–Crippen MR) is 97.2 cm³/mol. The van der Waals surface area contributed by atoms with Crippen molar-refractivity contribution in [3.63, 3.8) is 0 Å². The quantitative estimate of drug-likeness (QED) is 0.597. The van der Waals surface area contributed by atoms with Crippen molar-refractivity contribution in [2.75, 3.05) is 0 Å². The third kappa shape index (κ3) is 3.07. The summed E-state index contributed by atoms with van der Waals surface area (Å²) in [7, 11) is 0. The average Bonchev–Trinajstić information content (AvgIpc) is 3.04. The highest BCUT2D eigenvalue weighted by atomic mass is 15.0. The third-order valence-corrected chi connectivity index (χ3v) is 4.28. The van der Waals surface area contributed by atoms with Gasteiger partial charge in [0.2, 0.25) is 0 Å². The van der Waals surface area contributed by atoms with Crippen LogP contribution in [0.3, 0.4) is 0 Å². The van der Waals surface area contributed by atoms with Crippen molar-refractivity contribution in [2.45, 2.75) is 39.5 Å². The number of rotatable bonds is 4. The van der Waals surface area contributed by atoms with Gasteiger partial charge < -0.3 is 4.57 Å². The minimum Gasteiger partial charge on any atom is -0.305 e. The van der Waals surface area contributed by atoms with Crippen molar-refractivity contribution in [1.82, 2.24) is 9.55 Å². The molecule has 0 bridgehead atoms. The monoisotopic (exact) mass is 304 g/mol. The van der Waals surface area contributed by atoms with Crippen molar-refractivity contribution in [3.8, 4) is 16.9 Å². The van der Waals surface area contributed by atoms with Crippen LogP contribution in [0.4, 0.5) is 0 Å². The lowest BCUT2D eigenvalue weighted by molar-refractivity contribution is 0.846. The Labute approximate surface area is 138 Å². The molecule has 2 nitrogen and oxygen atoms in total. The maximum atomic E-state index is 4.67. The fourth-order valence-electron chi connectivity index (χ4n) is 3.04. The Kier molecular flexibility index (Phi) is 4.33. The SMILES string of the molecule is CC(C)c1ccccc1-c1cn(-c2ccccc2C(C)C)cn1. The summed E-state index contributed by atoms with van der Waals surface area (Å²) in [5, 5.41) is 0. The van der Waals surface area contributed by atoms with Crippen LogP contribution in [0.25, 0.3) is 16.9 Å². The van der Waals surface area contributed by atoms with E-state index in [1.54, 1.807) is 0 Å². The van der Waals surface area contributed by atoms with Gasteiger partial charge in [0.25, 0.3) is 0 Å². The second kappa shape index (κ2) is 6.41. The van der Waals surface area contributed by atoms with E-state index in [0.717, 1.165) is 5.69 Å². The van der Waals surface area contributed by atoms with Crippen molar-refractivity contribution in [1.29, 1.82) is 0 Å². The van der Waals surface area contributed by atoms with Crippen LogP contribution in [0.5, 0.6) is 0 Å². The number of para-hydroxylation sites is 1. The number of hydrogen-bond acceptors (Lipinski definition) is 1. The van der Waals surface area contributed by atoms with Gasteiger partial charge in [-0.3, -0.25) is 0 Å². The highest BCUT2D eigenvalue weighted by Crippen LogP contribution is 2.29. The molecule has 0 radical (unpaired) electrons. The zero-order valence-corrected chi connectivity index (χ0v) is 14.3. The molecule has 23 heavy (non-hydrogen) atoms. The lowest BCUT2D eigenvalue weighted by Crippen LogP contribution is -1.98. The van der Waals surface area contributed by atoms with Gasteiger partial charge in [0.1, 0.15) is 0 Å². The maximum absolute atomic E-state index is 4.67. The number of benzene rings is 2. The fourth-order valence-corrected chi connectivity index (χ4v) is 3.04. The zero-order valence-electron chi connectivity index (χ0n) is 14.3. The summed E-state index contributed by atoms with van der Waals surface area (Å²) in [6.07, 6.45) is 4.07. The van der Waals surface area contributed by atoms with Gasteiger partial charge in [-0.1, -0.05) is 70.2 Å². The minimum absolute atomic E-state index is 0.485. The summed E-state index contributed by atoms with van der Waals surface area (Å²) in [6, 6.07) is 17.1. The molecule has 0 N–H and O–H groups in total. The maximum Gasteiger partial charge on any atom is 0.0999 e. The Morgan fingerprint density at radius 3 is 2.09 bits per heavy atom. The highest BCUT2D eigenvalue weighted by molar-refractivity contribution is 5.64. The molecule has 0 aliphatic carbocycles. The van der Waals surface area contributed by atoms with Gasteiger partial charge in [-0.2, -0.15) is 0 Å². The standard InChI is InChI=1S/C21H24N2/c1-15(2)17-9-5-6-11-19(17)20-13-23(14-22-20)21-12-8-7-10-18(21)16(3)4/h5-16H,1-4H3. The summed E-state index contributed by atoms with van der Waals surface area (Å²) in [5.41, 5.74) is 6.16. The van der Waals surface area contributed by atoms with Gasteiger partial charge in [-0.15, -0.1) is 0 Å². The molecule has 2 aromatic carbocycles. The van der Waals surface area contributed by atoms with Gasteiger partial charge >= 0.3 is 0 Å². The van der Waals surface area contributed by atoms with Crippen molar-refractivity contribution >= 4 is 0 Å². The molecule has 2 heteroatoms. The Morgan fingerprint density at radius 1 is 0.783 bits per heavy atom. The van der Waals surface area contributed by atoms with E-state index >= 15 is 0 Å². The van der Waals surface area contributed by atoms with Crippen molar-refractivity contribution in [3.05, 3.63) is 72.2 Å². The van der Waals surface area contributed by atoms with E-state index in [2.05, 4.69) is 92.0 Å². The van der Waals surface area contributed by atoms with Gasteiger partial charge in [0, 0.05) is 17.4 Å². The van der Waals surface area contributed by atoms with Crippen LogP contribution in [0.1, 0.15) is 50.7 Å². The smallest absolute Gasteiger partial charge is 0.0999 e. The number of aromatic nitrogens is 2. The Morgan fingerprint density at radius 2 is 1.39 bits per heavy atom. The molecule has 0 fully saturated rings. The first kappa shape index (κ1) is 15.5. The second-order valence-electron chi connectivity index (χ2n) is 6.62. The fraction of sp³-hybridized carbons (Fsp3) is 0.286. The minimum atomic E-state index is 0.485. The number of imidazole rings is 1. The first-order valence-electron chi connectivity index (χ1n) is 8.30. The zero-order chi connectivity index (χ0) is 16.4. The molecule has 0 aliphatic heterocycles. The first-order valence-corrected chi connectivity index (χ1v) is 8.30. The van der Waals surface area contributed by atoms with Crippen LogP contribution in [0.15, 0.2) is 61.1 Å². The van der Waals surface area contributed by atoms with Gasteiger partial charge in [0.05, 0.1) is 12.0 Å². The van der Waals surface area contributed by atoms with Gasteiger partial charge in [-0.25, -0.2) is 4.98 Å². The molecule has 3 rings (SSSR count). The van der Waals surface area contributed by atoms with Gasteiger partial charge in [0.15, 0.2) is 0 Å². The molecule has 0 saturated heterocycles. The van der Waals surface area contributed by atoms with E-state index in [1.165, 1.54) is 22.4 Å². The summed E-state index contributed by atoms with van der Waals surface area (Å²) in [5.74, 6) is 0.972. The lowest BCUT2D eigenvalue weighted by Gasteiger charge is -2.13. The van der Waals surface area contributed by atoms with Gasteiger partial charge in [-0.05, 0) is 29.0 Å². The third-order valence-electron chi connectivity index (χ3n) is 4.28. The summed E-state index contributed by atoms with van der Waals surface area (Å²) in [6.45, 7) is 8.91. The van der Waals surface area contributed by atoms with Crippen molar-refractivity contribution < 1.29 is 0 Å². The van der Waals surface area contributed by atoms with E-state index in [0.29, 0.717) is 11.8 Å². The Balaban J connectivity index is 2.06. The Bertz CT molecular complexity index is 731. The molecule has 0 amide bonds. The largest absolute Gasteiger partial charge is 0.305 e. The normalized spacial score (nSPS) is 11.4. The molecular weight excluding hydrogens is 280 g/mol. The van der Waals surface area contributed by atoms with Crippen LogP contribution >= 0.6 is 0 Å². The molecule has 0 saturated carbocycles. The van der Waals surface area contributed by atoms with E-state index in [9.17, 15) is 0 Å². The first-order chi connectivity index (χ1) is 11.1. The highest BCUT2D eigenvalue weighted by Gasteiger charge is 2.12. The van der Waals surface area contributed by atoms with Crippen LogP contribution in [-0.4, -0.2) is 9.55 Å². The van der Waals surface area contributed by atoms with E-state index in [-0.39, 0.29) is 0 Å². The second-order valence-corrected chi connectivity index (χ2v) is 6.62. The molecule has 0 spiro atoms. The number of nitrogens with zero attached hydrogens (tertiary/aromatic N) is 2. The van der Waals surface area contributed by atoms with E-state index in [4.69, 9.17) is 0 Å². The number of hydrogen-bond donors (Lipinski definition) is 0.